The van der Waals surface area contributed by atoms with Crippen LogP contribution in [0.3, 0.4) is 0 Å². The van der Waals surface area contributed by atoms with Crippen LogP contribution < -0.4 is 10.6 Å². The lowest BCUT2D eigenvalue weighted by Crippen LogP contribution is -2.56. The Morgan fingerprint density at radius 3 is 2.00 bits per heavy atom. The van der Waals surface area contributed by atoms with Crippen molar-refractivity contribution in [3.8, 4) is 18.4 Å². The van der Waals surface area contributed by atoms with Gasteiger partial charge in [-0.3, -0.25) is 9.59 Å². The van der Waals surface area contributed by atoms with Crippen LogP contribution in [0.25, 0.3) is 0 Å². The molecule has 0 heterocycles. The molecule has 0 radical (unpaired) electrons. The monoisotopic (exact) mass is 604 g/mol. The van der Waals surface area contributed by atoms with Gasteiger partial charge >= 0.3 is 12.1 Å². The Labute approximate surface area is 258 Å². The first-order chi connectivity index (χ1) is 20.6. The Balaban J connectivity index is 2.55. The summed E-state index contributed by atoms with van der Waals surface area (Å²) in [4.78, 5) is 54.4. The van der Waals surface area contributed by atoms with E-state index >= 15 is 0 Å². The lowest BCUT2D eigenvalue weighted by atomic mass is 10.00. The molecule has 2 rings (SSSR count). The molecule has 3 atom stereocenters. The van der Waals surface area contributed by atoms with Gasteiger partial charge in [0, 0.05) is 12.0 Å². The van der Waals surface area contributed by atoms with Crippen molar-refractivity contribution in [1.82, 2.24) is 15.5 Å². The summed E-state index contributed by atoms with van der Waals surface area (Å²) in [6, 6.07) is 12.8. The zero-order chi connectivity index (χ0) is 33.1. The second-order valence-electron chi connectivity index (χ2n) is 12.0. The van der Waals surface area contributed by atoms with Crippen molar-refractivity contribution in [2.45, 2.75) is 77.3 Å². The van der Waals surface area contributed by atoms with Crippen LogP contribution in [0.5, 0.6) is 0 Å². The zero-order valence-electron chi connectivity index (χ0n) is 25.9. The van der Waals surface area contributed by atoms with Crippen LogP contribution in [0, 0.1) is 23.7 Å². The second-order valence-corrected chi connectivity index (χ2v) is 12.0. The zero-order valence-corrected chi connectivity index (χ0v) is 25.9. The molecule has 0 aromatic heterocycles. The maximum atomic E-state index is 14.1. The van der Waals surface area contributed by atoms with Crippen LogP contribution in [-0.4, -0.2) is 70.3 Å². The van der Waals surface area contributed by atoms with Crippen molar-refractivity contribution in [1.29, 1.82) is 5.26 Å². The summed E-state index contributed by atoms with van der Waals surface area (Å²) in [5.41, 5.74) is -0.240. The van der Waals surface area contributed by atoms with E-state index in [1.807, 2.05) is 12.1 Å². The summed E-state index contributed by atoms with van der Waals surface area (Å²) >= 11 is 0. The van der Waals surface area contributed by atoms with Crippen LogP contribution in [-0.2, 0) is 30.3 Å². The van der Waals surface area contributed by atoms with Gasteiger partial charge in [-0.05, 0) is 64.8 Å². The van der Waals surface area contributed by atoms with Gasteiger partial charge in [0.05, 0.1) is 12.7 Å². The second kappa shape index (κ2) is 15.6. The van der Waals surface area contributed by atoms with E-state index in [0.29, 0.717) is 5.56 Å². The average molecular weight is 605 g/mol. The number of alkyl carbamates (subject to hydrolysis) is 1. The van der Waals surface area contributed by atoms with E-state index in [1.165, 1.54) is 12.1 Å². The van der Waals surface area contributed by atoms with E-state index in [4.69, 9.17) is 15.9 Å². The summed E-state index contributed by atoms with van der Waals surface area (Å²) in [5, 5.41) is 24.7. The highest BCUT2D eigenvalue weighted by Crippen LogP contribution is 2.24. The number of carbonyl (C=O) groups excluding carboxylic acids is 4. The fourth-order valence-corrected chi connectivity index (χ4v) is 4.11. The largest absolute Gasteiger partial charge is 0.458 e. The highest BCUT2D eigenvalue weighted by atomic mass is 16.6. The molecule has 11 nitrogen and oxygen atoms in total. The number of hydrogen-bond acceptors (Lipinski definition) is 8. The summed E-state index contributed by atoms with van der Waals surface area (Å²) in [6.07, 6.45) is 4.60. The van der Waals surface area contributed by atoms with Gasteiger partial charge in [-0.15, -0.1) is 6.42 Å². The molecule has 0 aliphatic rings. The number of carbonyl (C=O) groups is 4. The Morgan fingerprint density at radius 2 is 1.50 bits per heavy atom. The summed E-state index contributed by atoms with van der Waals surface area (Å²) in [6.45, 7) is 8.52. The molecule has 234 valence electrons. The lowest BCUT2D eigenvalue weighted by molar-refractivity contribution is -0.159. The molecule has 11 heteroatoms. The fraction of sp³-hybridized carbons (Fsp3) is 0.424. The molecule has 0 saturated heterocycles. The third kappa shape index (κ3) is 11.1. The normalized spacial score (nSPS) is 13.2. The van der Waals surface area contributed by atoms with Gasteiger partial charge < -0.3 is 30.1 Å². The number of terminal acetylenes is 1. The smallest absolute Gasteiger partial charge is 0.408 e. The molecule has 0 aliphatic carbocycles. The van der Waals surface area contributed by atoms with Crippen LogP contribution in [0.4, 0.5) is 4.79 Å². The summed E-state index contributed by atoms with van der Waals surface area (Å²) in [5.74, 6) is 0.0387. The Bertz CT molecular complexity index is 1380. The Morgan fingerprint density at radius 1 is 0.909 bits per heavy atom. The molecule has 0 fully saturated rings. The van der Waals surface area contributed by atoms with Crippen LogP contribution in [0.1, 0.15) is 64.3 Å². The van der Waals surface area contributed by atoms with Crippen molar-refractivity contribution in [3.63, 3.8) is 0 Å². The molecule has 0 saturated carbocycles. The maximum absolute atomic E-state index is 14.1. The Kier molecular flexibility index (Phi) is 12.5. The average Bonchev–Trinajstić information content (AvgIpc) is 2.94. The standard InChI is InChI=1S/C33H40N4O7/c1-8-22-14-16-24(17-15-22)27(37(19-18-34)29(40)26(21-38)36-31(42)44-33(5,6)7)28(39)35-25(30(41)43-32(2,3)4)20-23-12-10-9-11-13-23/h1,9-17,25-27,38H,19-21H2,2-7H3,(H,35,39)(H,36,42). The summed E-state index contributed by atoms with van der Waals surface area (Å²) < 4.78 is 10.8. The highest BCUT2D eigenvalue weighted by Gasteiger charge is 2.38. The predicted octanol–water partition coefficient (Wildman–Crippen LogP) is 3.02. The number of aliphatic hydroxyl groups excluding tert-OH is 1. The van der Waals surface area contributed by atoms with Gasteiger partial charge in [0.1, 0.15) is 35.9 Å². The molecule has 3 N–H and O–H groups in total. The van der Waals surface area contributed by atoms with Crippen molar-refractivity contribution in [2.24, 2.45) is 0 Å². The topological polar surface area (TPSA) is 158 Å². The SMILES string of the molecule is C#Cc1ccc(C(C(=O)NC(Cc2ccccc2)C(=O)OC(C)(C)C)N(CC#N)C(=O)C(CO)NC(=O)OC(C)(C)C)cc1. The van der Waals surface area contributed by atoms with E-state index in [2.05, 4.69) is 16.6 Å². The molecule has 0 aliphatic heterocycles. The van der Waals surface area contributed by atoms with E-state index in [-0.39, 0.29) is 12.0 Å². The number of aliphatic hydroxyl groups is 1. The first kappa shape index (κ1) is 35.3. The first-order valence-electron chi connectivity index (χ1n) is 14.0. The van der Waals surface area contributed by atoms with E-state index in [1.54, 1.807) is 77.9 Å². The minimum absolute atomic E-state index is 0.0793. The first-order valence-corrected chi connectivity index (χ1v) is 14.0. The molecule has 3 amide bonds. The summed E-state index contributed by atoms with van der Waals surface area (Å²) in [7, 11) is 0. The molecule has 2 aromatic carbocycles. The minimum Gasteiger partial charge on any atom is -0.458 e. The lowest BCUT2D eigenvalue weighted by Gasteiger charge is -2.33. The van der Waals surface area contributed by atoms with E-state index in [9.17, 15) is 29.5 Å². The minimum atomic E-state index is -1.55. The molecule has 0 bridgehead atoms. The van der Waals surface area contributed by atoms with Crippen molar-refractivity contribution in [2.75, 3.05) is 13.2 Å². The maximum Gasteiger partial charge on any atom is 0.408 e. The fourth-order valence-electron chi connectivity index (χ4n) is 4.11. The molecular weight excluding hydrogens is 564 g/mol. The van der Waals surface area contributed by atoms with Gasteiger partial charge in [0.2, 0.25) is 11.8 Å². The molecule has 3 unspecified atom stereocenters. The third-order valence-corrected chi connectivity index (χ3v) is 5.94. The number of nitrogens with zero attached hydrogens (tertiary/aromatic N) is 2. The van der Waals surface area contributed by atoms with Gasteiger partial charge in [-0.1, -0.05) is 48.4 Å². The van der Waals surface area contributed by atoms with Crippen molar-refractivity contribution >= 4 is 23.9 Å². The van der Waals surface area contributed by atoms with Gasteiger partial charge in [-0.2, -0.15) is 5.26 Å². The van der Waals surface area contributed by atoms with E-state index in [0.717, 1.165) is 10.5 Å². The highest BCUT2D eigenvalue weighted by molar-refractivity contribution is 5.94. The number of amides is 3. The van der Waals surface area contributed by atoms with Crippen LogP contribution >= 0.6 is 0 Å². The molecule has 44 heavy (non-hydrogen) atoms. The molecular formula is C33H40N4O7. The van der Waals surface area contributed by atoms with Gasteiger partial charge in [0.15, 0.2) is 0 Å². The number of benzene rings is 2. The third-order valence-electron chi connectivity index (χ3n) is 5.94. The van der Waals surface area contributed by atoms with Gasteiger partial charge in [-0.25, -0.2) is 9.59 Å². The number of esters is 1. The van der Waals surface area contributed by atoms with Crippen molar-refractivity contribution in [3.05, 3.63) is 71.3 Å². The molecule has 0 spiro atoms. The van der Waals surface area contributed by atoms with Crippen LogP contribution in [0.2, 0.25) is 0 Å². The van der Waals surface area contributed by atoms with Crippen molar-refractivity contribution < 1.29 is 33.8 Å². The Hall–Kier alpha value is -4.87. The van der Waals surface area contributed by atoms with E-state index < -0.39 is 66.4 Å². The molecule has 2 aromatic rings. The quantitative estimate of drug-likeness (QED) is 0.201. The number of hydrogen-bond donors (Lipinski definition) is 3. The number of ether oxygens (including phenoxy) is 2. The number of rotatable bonds is 11. The van der Waals surface area contributed by atoms with Crippen LogP contribution in [0.15, 0.2) is 54.6 Å². The van der Waals surface area contributed by atoms with Gasteiger partial charge in [0.25, 0.3) is 0 Å². The number of nitrogens with one attached hydrogen (secondary N) is 2. The predicted molar refractivity (Wildman–Crippen MR) is 163 cm³/mol. The number of nitriles is 1.